The molecule has 96 valence electrons. The van der Waals surface area contributed by atoms with E-state index in [1.807, 2.05) is 0 Å². The van der Waals surface area contributed by atoms with Crippen LogP contribution in [0.1, 0.15) is 0 Å². The number of fused-ring (bicyclic) bond motifs is 1. The number of anilines is 1. The molecule has 3 nitrogen and oxygen atoms in total. The van der Waals surface area contributed by atoms with Crippen LogP contribution in [0, 0.1) is 17.5 Å². The van der Waals surface area contributed by atoms with Gasteiger partial charge in [0.2, 0.25) is 0 Å². The lowest BCUT2D eigenvalue weighted by Crippen LogP contribution is -1.91. The molecule has 3 rings (SSSR count). The second kappa shape index (κ2) is 4.01. The Kier molecular flexibility index (Phi) is 2.45. The van der Waals surface area contributed by atoms with Crippen LogP contribution in [0.3, 0.4) is 0 Å². The number of imidazole rings is 1. The molecule has 0 spiro atoms. The van der Waals surface area contributed by atoms with Gasteiger partial charge >= 0.3 is 0 Å². The fourth-order valence-electron chi connectivity index (χ4n) is 1.83. The van der Waals surface area contributed by atoms with E-state index in [9.17, 15) is 13.2 Å². The van der Waals surface area contributed by atoms with Crippen LogP contribution >= 0.6 is 0 Å². The number of halogens is 3. The summed E-state index contributed by atoms with van der Waals surface area (Å²) >= 11 is 0. The number of aromatic nitrogens is 2. The van der Waals surface area contributed by atoms with Gasteiger partial charge in [-0.3, -0.25) is 0 Å². The molecule has 0 atom stereocenters. The Hall–Kier alpha value is -2.50. The number of nitrogens with two attached hydrogens (primary N) is 1. The van der Waals surface area contributed by atoms with Gasteiger partial charge in [0.15, 0.2) is 11.6 Å². The van der Waals surface area contributed by atoms with Crippen LogP contribution < -0.4 is 5.73 Å². The molecule has 0 amide bonds. The van der Waals surface area contributed by atoms with Crippen LogP contribution in [-0.4, -0.2) is 9.97 Å². The van der Waals surface area contributed by atoms with Crippen LogP contribution in [0.15, 0.2) is 30.3 Å². The monoisotopic (exact) mass is 263 g/mol. The quantitative estimate of drug-likeness (QED) is 0.662. The molecule has 0 bridgehead atoms. The van der Waals surface area contributed by atoms with E-state index in [1.165, 1.54) is 18.2 Å². The Labute approximate surface area is 105 Å². The number of hydrogen-bond acceptors (Lipinski definition) is 2. The summed E-state index contributed by atoms with van der Waals surface area (Å²) in [6, 6.07) is 6.11. The zero-order valence-corrected chi connectivity index (χ0v) is 9.55. The van der Waals surface area contributed by atoms with Crippen molar-refractivity contribution in [2.75, 3.05) is 5.73 Å². The molecule has 0 radical (unpaired) electrons. The molecule has 0 aliphatic rings. The number of nitrogen functional groups attached to an aromatic ring is 1. The fourth-order valence-corrected chi connectivity index (χ4v) is 1.83. The van der Waals surface area contributed by atoms with Crippen molar-refractivity contribution in [2.45, 2.75) is 0 Å². The first-order valence-electron chi connectivity index (χ1n) is 5.45. The first-order valence-corrected chi connectivity index (χ1v) is 5.45. The molecule has 1 aromatic heterocycles. The van der Waals surface area contributed by atoms with E-state index in [1.54, 1.807) is 0 Å². The van der Waals surface area contributed by atoms with Crippen LogP contribution in [0.4, 0.5) is 18.9 Å². The van der Waals surface area contributed by atoms with Crippen molar-refractivity contribution in [1.82, 2.24) is 9.97 Å². The largest absolute Gasteiger partial charge is 0.396 e. The van der Waals surface area contributed by atoms with Gasteiger partial charge in [-0.1, -0.05) is 0 Å². The van der Waals surface area contributed by atoms with Gasteiger partial charge in [0, 0.05) is 17.7 Å². The third kappa shape index (κ3) is 1.91. The first-order chi connectivity index (χ1) is 9.04. The SMILES string of the molecule is Nc1cc(-c2nc3cc(F)c(F)cc3[nH]2)ccc1F. The van der Waals surface area contributed by atoms with Crippen molar-refractivity contribution in [2.24, 2.45) is 0 Å². The highest BCUT2D eigenvalue weighted by Crippen LogP contribution is 2.24. The van der Waals surface area contributed by atoms with Crippen LogP contribution in [0.25, 0.3) is 22.4 Å². The van der Waals surface area contributed by atoms with Crippen LogP contribution in [-0.2, 0) is 0 Å². The highest BCUT2D eigenvalue weighted by atomic mass is 19.2. The zero-order chi connectivity index (χ0) is 13.6. The molecule has 0 unspecified atom stereocenters. The first kappa shape index (κ1) is 11.6. The molecule has 0 saturated heterocycles. The third-order valence-corrected chi connectivity index (χ3v) is 2.79. The van der Waals surface area contributed by atoms with E-state index in [4.69, 9.17) is 5.73 Å². The molecule has 6 heteroatoms. The summed E-state index contributed by atoms with van der Waals surface area (Å²) in [5, 5.41) is 0. The highest BCUT2D eigenvalue weighted by Gasteiger charge is 2.10. The summed E-state index contributed by atoms with van der Waals surface area (Å²) in [6.45, 7) is 0. The lowest BCUT2D eigenvalue weighted by molar-refractivity contribution is 0.510. The van der Waals surface area contributed by atoms with E-state index in [-0.39, 0.29) is 11.2 Å². The van der Waals surface area contributed by atoms with E-state index in [2.05, 4.69) is 9.97 Å². The van der Waals surface area contributed by atoms with Crippen molar-refractivity contribution in [1.29, 1.82) is 0 Å². The average molecular weight is 263 g/mol. The van der Waals surface area contributed by atoms with Gasteiger partial charge < -0.3 is 10.7 Å². The average Bonchev–Trinajstić information content (AvgIpc) is 2.76. The van der Waals surface area contributed by atoms with E-state index < -0.39 is 17.5 Å². The number of benzene rings is 2. The van der Waals surface area contributed by atoms with Gasteiger partial charge in [-0.05, 0) is 18.2 Å². The lowest BCUT2D eigenvalue weighted by Gasteiger charge is -1.99. The normalized spacial score (nSPS) is 11.1. The minimum atomic E-state index is -0.968. The summed E-state index contributed by atoms with van der Waals surface area (Å²) in [5.41, 5.74) is 6.63. The van der Waals surface area contributed by atoms with Gasteiger partial charge in [-0.25, -0.2) is 18.2 Å². The van der Waals surface area contributed by atoms with Gasteiger partial charge in [0.25, 0.3) is 0 Å². The Morgan fingerprint density at radius 3 is 2.42 bits per heavy atom. The highest BCUT2D eigenvalue weighted by molar-refractivity contribution is 5.80. The Morgan fingerprint density at radius 2 is 1.68 bits per heavy atom. The van der Waals surface area contributed by atoms with E-state index >= 15 is 0 Å². The molecule has 0 aliphatic heterocycles. The number of hydrogen-bond donors (Lipinski definition) is 2. The Balaban J connectivity index is 2.17. The maximum atomic E-state index is 13.1. The summed E-state index contributed by atoms with van der Waals surface area (Å²) in [6.07, 6.45) is 0. The molecule has 3 aromatic rings. The number of H-pyrrole nitrogens is 1. The molecule has 3 N–H and O–H groups in total. The second-order valence-corrected chi connectivity index (χ2v) is 4.11. The number of nitrogens with one attached hydrogen (secondary N) is 1. The van der Waals surface area contributed by atoms with Gasteiger partial charge in [0.05, 0.1) is 16.7 Å². The molecular weight excluding hydrogens is 255 g/mol. The smallest absolute Gasteiger partial charge is 0.161 e. The summed E-state index contributed by atoms with van der Waals surface area (Å²) in [7, 11) is 0. The van der Waals surface area contributed by atoms with E-state index in [0.29, 0.717) is 16.9 Å². The summed E-state index contributed by atoms with van der Waals surface area (Å²) in [5.74, 6) is -2.09. The maximum absolute atomic E-state index is 13.1. The molecule has 0 fully saturated rings. The van der Waals surface area contributed by atoms with Crippen molar-refractivity contribution < 1.29 is 13.2 Å². The second-order valence-electron chi connectivity index (χ2n) is 4.11. The van der Waals surface area contributed by atoms with Crippen molar-refractivity contribution >= 4 is 16.7 Å². The summed E-state index contributed by atoms with van der Waals surface area (Å²) < 4.78 is 39.2. The van der Waals surface area contributed by atoms with Gasteiger partial charge in [0.1, 0.15) is 11.6 Å². The van der Waals surface area contributed by atoms with Crippen molar-refractivity contribution in [3.63, 3.8) is 0 Å². The topological polar surface area (TPSA) is 54.7 Å². The predicted octanol–water partition coefficient (Wildman–Crippen LogP) is 3.23. The molecule has 2 aromatic carbocycles. The zero-order valence-electron chi connectivity index (χ0n) is 9.55. The minimum Gasteiger partial charge on any atom is -0.396 e. The Bertz CT molecular complexity index is 741. The van der Waals surface area contributed by atoms with Crippen LogP contribution in [0.5, 0.6) is 0 Å². The molecule has 0 aliphatic carbocycles. The standard InChI is InChI=1S/C13H8F3N3/c14-7-2-1-6(3-10(7)17)13-18-11-4-8(15)9(16)5-12(11)19-13/h1-5H,17H2,(H,18,19). The maximum Gasteiger partial charge on any atom is 0.161 e. The van der Waals surface area contributed by atoms with Gasteiger partial charge in [-0.15, -0.1) is 0 Å². The third-order valence-electron chi connectivity index (χ3n) is 2.79. The molecule has 1 heterocycles. The summed E-state index contributed by atoms with van der Waals surface area (Å²) in [4.78, 5) is 6.95. The van der Waals surface area contributed by atoms with E-state index in [0.717, 1.165) is 12.1 Å². The van der Waals surface area contributed by atoms with Crippen LogP contribution in [0.2, 0.25) is 0 Å². The molecule has 0 saturated carbocycles. The molecular formula is C13H8F3N3. The lowest BCUT2D eigenvalue weighted by atomic mass is 10.2. The Morgan fingerprint density at radius 1 is 0.947 bits per heavy atom. The number of rotatable bonds is 1. The van der Waals surface area contributed by atoms with Crippen molar-refractivity contribution in [3.8, 4) is 11.4 Å². The van der Waals surface area contributed by atoms with Gasteiger partial charge in [-0.2, -0.15) is 0 Å². The number of aromatic amines is 1. The molecule has 19 heavy (non-hydrogen) atoms. The van der Waals surface area contributed by atoms with Crippen molar-refractivity contribution in [3.05, 3.63) is 47.8 Å². The number of nitrogens with zero attached hydrogens (tertiary/aromatic N) is 1. The predicted molar refractivity (Wildman–Crippen MR) is 65.8 cm³/mol. The minimum absolute atomic E-state index is 0.0182. The fraction of sp³-hybridized carbons (Fsp3) is 0.